The zero-order valence-electron chi connectivity index (χ0n) is 12.4. The molecule has 0 aliphatic heterocycles. The number of nitrogens with zero attached hydrogens (tertiary/aromatic N) is 1. The van der Waals surface area contributed by atoms with Crippen molar-refractivity contribution in [2.24, 2.45) is 0 Å². The Morgan fingerprint density at radius 3 is 2.48 bits per heavy atom. The van der Waals surface area contributed by atoms with E-state index in [0.717, 1.165) is 12.8 Å². The maximum Gasteiger partial charge on any atom is 0.304 e. The topological polar surface area (TPSA) is 40.5 Å². The Kier molecular flexibility index (Phi) is 6.18. The van der Waals surface area contributed by atoms with Crippen molar-refractivity contribution in [2.75, 3.05) is 6.54 Å². The van der Waals surface area contributed by atoms with E-state index in [1.165, 1.54) is 31.7 Å². The summed E-state index contributed by atoms with van der Waals surface area (Å²) in [4.78, 5) is 13.0. The first-order valence-corrected chi connectivity index (χ1v) is 7.86. The molecule has 21 heavy (non-hydrogen) atoms. The van der Waals surface area contributed by atoms with Gasteiger partial charge >= 0.3 is 5.97 Å². The van der Waals surface area contributed by atoms with Crippen LogP contribution < -0.4 is 0 Å². The Labute approximate surface area is 125 Å². The highest BCUT2D eigenvalue weighted by Gasteiger charge is 2.21. The molecule has 0 unspecified atom stereocenters. The van der Waals surface area contributed by atoms with Crippen molar-refractivity contribution in [2.45, 2.75) is 57.5 Å². The van der Waals surface area contributed by atoms with Crippen LogP contribution in [0.1, 0.15) is 50.5 Å². The first-order chi connectivity index (χ1) is 10.2. The van der Waals surface area contributed by atoms with E-state index in [1.54, 1.807) is 12.1 Å². The average Bonchev–Trinajstić information content (AvgIpc) is 2.74. The van der Waals surface area contributed by atoms with Crippen molar-refractivity contribution in [3.05, 3.63) is 35.6 Å². The van der Waals surface area contributed by atoms with E-state index >= 15 is 0 Å². The SMILES string of the molecule is O=C(O)CCN(Cc1ccccc1F)C1CCCCCC1. The molecule has 1 aromatic rings. The number of benzene rings is 1. The van der Waals surface area contributed by atoms with Gasteiger partial charge in [0.1, 0.15) is 5.82 Å². The van der Waals surface area contributed by atoms with Crippen molar-refractivity contribution < 1.29 is 14.3 Å². The van der Waals surface area contributed by atoms with E-state index in [4.69, 9.17) is 5.11 Å². The van der Waals surface area contributed by atoms with Gasteiger partial charge in [0, 0.05) is 24.7 Å². The van der Waals surface area contributed by atoms with Crippen LogP contribution in [0.25, 0.3) is 0 Å². The molecule has 0 spiro atoms. The Morgan fingerprint density at radius 1 is 1.19 bits per heavy atom. The minimum atomic E-state index is -0.790. The van der Waals surface area contributed by atoms with Crippen molar-refractivity contribution >= 4 is 5.97 Å². The minimum Gasteiger partial charge on any atom is -0.481 e. The van der Waals surface area contributed by atoms with Crippen LogP contribution in [0.2, 0.25) is 0 Å². The molecule has 116 valence electrons. The van der Waals surface area contributed by atoms with Crippen LogP contribution in [0, 0.1) is 5.82 Å². The van der Waals surface area contributed by atoms with Crippen molar-refractivity contribution in [3.63, 3.8) is 0 Å². The van der Waals surface area contributed by atoms with Crippen LogP contribution in [-0.2, 0) is 11.3 Å². The molecule has 3 nitrogen and oxygen atoms in total. The van der Waals surface area contributed by atoms with Crippen LogP contribution in [0.5, 0.6) is 0 Å². The lowest BCUT2D eigenvalue weighted by Crippen LogP contribution is -2.36. The molecule has 0 saturated heterocycles. The van der Waals surface area contributed by atoms with Crippen molar-refractivity contribution in [1.29, 1.82) is 0 Å². The molecule has 4 heteroatoms. The van der Waals surface area contributed by atoms with E-state index in [9.17, 15) is 9.18 Å². The normalized spacial score (nSPS) is 16.9. The number of carbonyl (C=O) groups is 1. The number of carboxylic acids is 1. The van der Waals surface area contributed by atoms with Gasteiger partial charge in [-0.05, 0) is 18.9 Å². The summed E-state index contributed by atoms with van der Waals surface area (Å²) in [5.74, 6) is -0.992. The first-order valence-electron chi connectivity index (χ1n) is 7.86. The number of rotatable bonds is 6. The number of halogens is 1. The van der Waals surface area contributed by atoms with Gasteiger partial charge in [0.25, 0.3) is 0 Å². The van der Waals surface area contributed by atoms with Gasteiger partial charge in [-0.1, -0.05) is 43.9 Å². The van der Waals surface area contributed by atoms with Gasteiger partial charge in [-0.3, -0.25) is 9.69 Å². The third-order valence-electron chi connectivity index (χ3n) is 4.29. The van der Waals surface area contributed by atoms with Gasteiger partial charge in [-0.25, -0.2) is 4.39 Å². The fourth-order valence-corrected chi connectivity index (χ4v) is 3.10. The molecule has 0 amide bonds. The molecule has 1 aliphatic carbocycles. The highest BCUT2D eigenvalue weighted by atomic mass is 19.1. The van der Waals surface area contributed by atoms with Gasteiger partial charge in [-0.15, -0.1) is 0 Å². The van der Waals surface area contributed by atoms with Gasteiger partial charge < -0.3 is 5.11 Å². The van der Waals surface area contributed by atoms with Gasteiger partial charge in [0.2, 0.25) is 0 Å². The van der Waals surface area contributed by atoms with Crippen LogP contribution in [0.4, 0.5) is 4.39 Å². The summed E-state index contributed by atoms with van der Waals surface area (Å²) in [5.41, 5.74) is 0.659. The lowest BCUT2D eigenvalue weighted by atomic mass is 10.1. The molecule has 1 N–H and O–H groups in total. The van der Waals surface area contributed by atoms with E-state index in [0.29, 0.717) is 24.7 Å². The van der Waals surface area contributed by atoms with Gasteiger partial charge in [-0.2, -0.15) is 0 Å². The maximum atomic E-state index is 13.9. The van der Waals surface area contributed by atoms with E-state index in [1.807, 2.05) is 6.07 Å². The largest absolute Gasteiger partial charge is 0.481 e. The molecule has 2 rings (SSSR count). The number of aliphatic carboxylic acids is 1. The predicted molar refractivity (Wildman–Crippen MR) is 80.6 cm³/mol. The van der Waals surface area contributed by atoms with Crippen molar-refractivity contribution in [3.8, 4) is 0 Å². The summed E-state index contributed by atoms with van der Waals surface area (Å²) in [7, 11) is 0. The fourth-order valence-electron chi connectivity index (χ4n) is 3.10. The summed E-state index contributed by atoms with van der Waals surface area (Å²) in [6, 6.07) is 7.16. The van der Waals surface area contributed by atoms with Crippen molar-refractivity contribution in [1.82, 2.24) is 4.90 Å². The zero-order chi connectivity index (χ0) is 15.1. The number of carboxylic acid groups (broad SMARTS) is 1. The molecule has 1 fully saturated rings. The Hall–Kier alpha value is -1.42. The molecular formula is C17H24FNO2. The fraction of sp³-hybridized carbons (Fsp3) is 0.588. The second-order valence-electron chi connectivity index (χ2n) is 5.85. The predicted octanol–water partition coefficient (Wildman–Crippen LogP) is 3.83. The molecule has 1 saturated carbocycles. The van der Waals surface area contributed by atoms with E-state index in [2.05, 4.69) is 4.90 Å². The van der Waals surface area contributed by atoms with Gasteiger partial charge in [0.05, 0.1) is 6.42 Å². The minimum absolute atomic E-state index is 0.116. The Balaban J connectivity index is 2.07. The maximum absolute atomic E-state index is 13.9. The third-order valence-corrected chi connectivity index (χ3v) is 4.29. The third kappa shape index (κ3) is 5.12. The summed E-state index contributed by atoms with van der Waals surface area (Å²) in [6.07, 6.45) is 7.18. The van der Waals surface area contributed by atoms with Crippen LogP contribution >= 0.6 is 0 Å². The molecule has 0 bridgehead atoms. The monoisotopic (exact) mass is 293 g/mol. The number of hydrogen-bond donors (Lipinski definition) is 1. The highest BCUT2D eigenvalue weighted by molar-refractivity contribution is 5.66. The Bertz CT molecular complexity index is 456. The summed E-state index contributed by atoms with van der Waals surface area (Å²) in [5, 5.41) is 8.94. The Morgan fingerprint density at radius 2 is 1.86 bits per heavy atom. The summed E-state index contributed by atoms with van der Waals surface area (Å²) in [6.45, 7) is 0.999. The molecule has 0 aromatic heterocycles. The number of hydrogen-bond acceptors (Lipinski definition) is 2. The quantitative estimate of drug-likeness (QED) is 0.810. The summed E-state index contributed by atoms with van der Waals surface area (Å²) < 4.78 is 13.9. The van der Waals surface area contributed by atoms with E-state index < -0.39 is 5.97 Å². The molecule has 0 radical (unpaired) electrons. The van der Waals surface area contributed by atoms with Gasteiger partial charge in [0.15, 0.2) is 0 Å². The molecular weight excluding hydrogens is 269 g/mol. The molecule has 0 atom stereocenters. The van der Waals surface area contributed by atoms with E-state index in [-0.39, 0.29) is 12.2 Å². The second kappa shape index (κ2) is 8.13. The molecule has 1 aliphatic rings. The lowest BCUT2D eigenvalue weighted by molar-refractivity contribution is -0.137. The smallest absolute Gasteiger partial charge is 0.304 e. The summed E-state index contributed by atoms with van der Waals surface area (Å²) >= 11 is 0. The highest BCUT2D eigenvalue weighted by Crippen LogP contribution is 2.24. The van der Waals surface area contributed by atoms with Crippen LogP contribution in [0.3, 0.4) is 0 Å². The first kappa shape index (κ1) is 16.0. The zero-order valence-corrected chi connectivity index (χ0v) is 12.4. The van der Waals surface area contributed by atoms with Crippen LogP contribution in [0.15, 0.2) is 24.3 Å². The van der Waals surface area contributed by atoms with Crippen LogP contribution in [-0.4, -0.2) is 28.6 Å². The lowest BCUT2D eigenvalue weighted by Gasteiger charge is -2.31. The average molecular weight is 293 g/mol. The second-order valence-corrected chi connectivity index (χ2v) is 5.85. The molecule has 1 aromatic carbocycles. The standard InChI is InChI=1S/C17H24FNO2/c18-16-10-6-5-7-14(16)13-19(12-11-17(20)21)15-8-3-1-2-4-9-15/h5-7,10,15H,1-4,8-9,11-13H2,(H,20,21). The molecule has 0 heterocycles.